The van der Waals surface area contributed by atoms with Crippen LogP contribution in [0.2, 0.25) is 0 Å². The number of aliphatic imine (C=N–C) groups is 1. The van der Waals surface area contributed by atoms with E-state index in [1.165, 1.54) is 5.56 Å². The molecule has 0 saturated carbocycles. The molecule has 5 nitrogen and oxygen atoms in total. The Morgan fingerprint density at radius 2 is 1.92 bits per heavy atom. The smallest absolute Gasteiger partial charge is 0.191 e. The zero-order chi connectivity index (χ0) is 16.7. The maximum Gasteiger partial charge on any atom is 0.191 e. The molecule has 2 rings (SSSR count). The normalized spacial score (nSPS) is 11.8. The third-order valence-corrected chi connectivity index (χ3v) is 3.78. The van der Waals surface area contributed by atoms with E-state index in [1.54, 1.807) is 4.68 Å². The number of hydrogen-bond donors (Lipinski definition) is 2. The number of halogens is 1. The Balaban J connectivity index is 0.00000288. The molecule has 0 atom stereocenters. The molecule has 0 radical (unpaired) electrons. The van der Waals surface area contributed by atoms with Crippen molar-refractivity contribution in [2.45, 2.75) is 32.7 Å². The first-order chi connectivity index (χ1) is 11.0. The summed E-state index contributed by atoms with van der Waals surface area (Å²) in [5.41, 5.74) is 2.45. The van der Waals surface area contributed by atoms with Gasteiger partial charge < -0.3 is 10.6 Å². The summed E-state index contributed by atoms with van der Waals surface area (Å²) in [7, 11) is 1.92. The van der Waals surface area contributed by atoms with E-state index in [1.807, 2.05) is 25.5 Å². The average molecular weight is 441 g/mol. The second-order valence-electron chi connectivity index (χ2n) is 6.32. The minimum Gasteiger partial charge on any atom is -0.357 e. The van der Waals surface area contributed by atoms with E-state index in [0.29, 0.717) is 6.54 Å². The Labute approximate surface area is 162 Å². The van der Waals surface area contributed by atoms with Gasteiger partial charge in [0.25, 0.3) is 0 Å². The number of aromatic nitrogens is 2. The lowest BCUT2D eigenvalue weighted by Gasteiger charge is -2.26. The van der Waals surface area contributed by atoms with Gasteiger partial charge in [-0.25, -0.2) is 4.99 Å². The standard InChI is InChI=1S/C18H27N5.HI/c1-5-19-17(20-11-15-12-22-23(4)13-15)21-14-18(2,3)16-9-7-6-8-10-16;/h6-10,12-13H,5,11,14H2,1-4H3,(H2,19,20,21);1H. The van der Waals surface area contributed by atoms with Crippen molar-refractivity contribution in [3.63, 3.8) is 0 Å². The lowest BCUT2D eigenvalue weighted by Crippen LogP contribution is -2.43. The maximum atomic E-state index is 4.63. The summed E-state index contributed by atoms with van der Waals surface area (Å²) in [5.74, 6) is 0.834. The van der Waals surface area contributed by atoms with Gasteiger partial charge in [-0.15, -0.1) is 24.0 Å². The fourth-order valence-corrected chi connectivity index (χ4v) is 2.36. The van der Waals surface area contributed by atoms with Crippen LogP contribution in [0.25, 0.3) is 0 Å². The van der Waals surface area contributed by atoms with E-state index < -0.39 is 0 Å². The molecule has 1 aromatic carbocycles. The lowest BCUT2D eigenvalue weighted by atomic mass is 9.85. The molecule has 0 bridgehead atoms. The van der Waals surface area contributed by atoms with Crippen molar-refractivity contribution in [1.29, 1.82) is 0 Å². The number of benzene rings is 1. The van der Waals surface area contributed by atoms with Gasteiger partial charge in [0.15, 0.2) is 5.96 Å². The molecule has 0 unspecified atom stereocenters. The first-order valence-electron chi connectivity index (χ1n) is 8.06. The van der Waals surface area contributed by atoms with E-state index >= 15 is 0 Å². The van der Waals surface area contributed by atoms with Crippen molar-refractivity contribution in [2.24, 2.45) is 12.0 Å². The highest BCUT2D eigenvalue weighted by Gasteiger charge is 2.20. The summed E-state index contributed by atoms with van der Waals surface area (Å²) >= 11 is 0. The van der Waals surface area contributed by atoms with Gasteiger partial charge in [0.05, 0.1) is 12.7 Å². The van der Waals surface area contributed by atoms with Crippen molar-refractivity contribution in [3.8, 4) is 0 Å². The van der Waals surface area contributed by atoms with E-state index in [2.05, 4.69) is 65.8 Å². The fourth-order valence-electron chi connectivity index (χ4n) is 2.36. The molecule has 1 aromatic heterocycles. The van der Waals surface area contributed by atoms with Gasteiger partial charge in [-0.3, -0.25) is 4.68 Å². The minimum atomic E-state index is 0. The summed E-state index contributed by atoms with van der Waals surface area (Å²) in [4.78, 5) is 4.63. The monoisotopic (exact) mass is 441 g/mol. The third-order valence-electron chi connectivity index (χ3n) is 3.78. The van der Waals surface area contributed by atoms with Crippen molar-refractivity contribution in [3.05, 3.63) is 53.9 Å². The number of nitrogens with zero attached hydrogens (tertiary/aromatic N) is 3. The summed E-state index contributed by atoms with van der Waals surface area (Å²) in [6.07, 6.45) is 3.84. The van der Waals surface area contributed by atoms with Gasteiger partial charge in [0.2, 0.25) is 0 Å². The van der Waals surface area contributed by atoms with Crippen LogP contribution in [-0.4, -0.2) is 28.8 Å². The zero-order valence-electron chi connectivity index (χ0n) is 14.9. The number of nitrogens with one attached hydrogen (secondary N) is 2. The van der Waals surface area contributed by atoms with E-state index in [-0.39, 0.29) is 29.4 Å². The van der Waals surface area contributed by atoms with Gasteiger partial charge in [-0.1, -0.05) is 44.2 Å². The number of aryl methyl sites for hydroxylation is 1. The molecule has 2 aromatic rings. The fraction of sp³-hybridized carbons (Fsp3) is 0.444. The largest absolute Gasteiger partial charge is 0.357 e. The lowest BCUT2D eigenvalue weighted by molar-refractivity contribution is 0.508. The van der Waals surface area contributed by atoms with Crippen molar-refractivity contribution >= 4 is 29.9 Å². The summed E-state index contributed by atoms with van der Waals surface area (Å²) < 4.78 is 1.80. The number of guanidine groups is 1. The predicted octanol–water partition coefficient (Wildman–Crippen LogP) is 3.07. The Bertz CT molecular complexity index is 634. The van der Waals surface area contributed by atoms with Crippen LogP contribution in [-0.2, 0) is 19.0 Å². The van der Waals surface area contributed by atoms with E-state index in [4.69, 9.17) is 0 Å². The quantitative estimate of drug-likeness (QED) is 0.412. The third kappa shape index (κ3) is 6.14. The molecule has 24 heavy (non-hydrogen) atoms. The Morgan fingerprint density at radius 3 is 2.50 bits per heavy atom. The molecule has 0 aliphatic rings. The predicted molar refractivity (Wildman–Crippen MR) is 111 cm³/mol. The van der Waals surface area contributed by atoms with Crippen LogP contribution < -0.4 is 10.6 Å². The molecule has 0 aliphatic carbocycles. The second kappa shape index (κ2) is 9.66. The van der Waals surface area contributed by atoms with Crippen LogP contribution in [0.15, 0.2) is 47.7 Å². The van der Waals surface area contributed by atoms with E-state index in [9.17, 15) is 0 Å². The van der Waals surface area contributed by atoms with Crippen LogP contribution in [0.5, 0.6) is 0 Å². The van der Waals surface area contributed by atoms with Gasteiger partial charge in [0, 0.05) is 37.3 Å². The molecule has 0 spiro atoms. The average Bonchev–Trinajstić information content (AvgIpc) is 2.96. The molecule has 0 aliphatic heterocycles. The van der Waals surface area contributed by atoms with Gasteiger partial charge in [0.1, 0.15) is 0 Å². The molecule has 2 N–H and O–H groups in total. The van der Waals surface area contributed by atoms with Gasteiger partial charge in [-0.2, -0.15) is 5.10 Å². The number of rotatable bonds is 6. The highest BCUT2D eigenvalue weighted by molar-refractivity contribution is 14.0. The molecule has 0 saturated heterocycles. The van der Waals surface area contributed by atoms with Crippen LogP contribution in [0.1, 0.15) is 31.9 Å². The molecule has 6 heteroatoms. The first-order valence-corrected chi connectivity index (χ1v) is 8.06. The summed E-state index contributed by atoms with van der Waals surface area (Å²) in [6.45, 7) is 8.82. The first kappa shape index (κ1) is 20.5. The Kier molecular flexibility index (Phi) is 8.24. The molecule has 1 heterocycles. The van der Waals surface area contributed by atoms with Crippen LogP contribution >= 0.6 is 24.0 Å². The molecule has 0 amide bonds. The van der Waals surface area contributed by atoms with Crippen LogP contribution in [0.3, 0.4) is 0 Å². The molecule has 0 fully saturated rings. The highest BCUT2D eigenvalue weighted by Crippen LogP contribution is 2.21. The van der Waals surface area contributed by atoms with Crippen LogP contribution in [0.4, 0.5) is 0 Å². The van der Waals surface area contributed by atoms with Crippen molar-refractivity contribution < 1.29 is 0 Å². The molecular formula is C18H28IN5. The van der Waals surface area contributed by atoms with Crippen molar-refractivity contribution in [2.75, 3.05) is 13.1 Å². The maximum absolute atomic E-state index is 4.63. The Hall–Kier alpha value is -1.57. The zero-order valence-corrected chi connectivity index (χ0v) is 17.2. The number of hydrogen-bond acceptors (Lipinski definition) is 2. The summed E-state index contributed by atoms with van der Waals surface area (Å²) in [5, 5.41) is 10.9. The minimum absolute atomic E-state index is 0. The van der Waals surface area contributed by atoms with Crippen LogP contribution in [0, 0.1) is 0 Å². The summed E-state index contributed by atoms with van der Waals surface area (Å²) in [6, 6.07) is 10.5. The van der Waals surface area contributed by atoms with Crippen molar-refractivity contribution in [1.82, 2.24) is 20.4 Å². The van der Waals surface area contributed by atoms with E-state index in [0.717, 1.165) is 24.6 Å². The highest BCUT2D eigenvalue weighted by atomic mass is 127. The second-order valence-corrected chi connectivity index (χ2v) is 6.32. The van der Waals surface area contributed by atoms with Gasteiger partial charge >= 0.3 is 0 Å². The van der Waals surface area contributed by atoms with Gasteiger partial charge in [-0.05, 0) is 12.5 Å². The topological polar surface area (TPSA) is 54.2 Å². The molecule has 132 valence electrons. The molecular weight excluding hydrogens is 413 g/mol. The SMILES string of the molecule is CCNC(=NCc1cnn(C)c1)NCC(C)(C)c1ccccc1.I. The Morgan fingerprint density at radius 1 is 1.21 bits per heavy atom.